The largest absolute Gasteiger partial charge is 0.373 e. The predicted octanol–water partition coefficient (Wildman–Crippen LogP) is 5.07. The molecule has 0 heterocycles. The molecule has 1 fully saturated rings. The first-order valence-corrected chi connectivity index (χ1v) is 8.61. The lowest BCUT2D eigenvalue weighted by Gasteiger charge is -2.35. The van der Waals surface area contributed by atoms with Crippen molar-refractivity contribution in [2.45, 2.75) is 65.3 Å². The van der Waals surface area contributed by atoms with E-state index in [4.69, 9.17) is 12.2 Å². The van der Waals surface area contributed by atoms with E-state index in [0.717, 1.165) is 16.5 Å². The summed E-state index contributed by atoms with van der Waals surface area (Å²) in [7, 11) is 0. The van der Waals surface area contributed by atoms with Crippen LogP contribution < -0.4 is 5.32 Å². The van der Waals surface area contributed by atoms with Crippen LogP contribution in [-0.2, 0) is 5.41 Å². The molecular weight excluding hydrogens is 274 g/mol. The zero-order valence-corrected chi connectivity index (χ0v) is 14.9. The number of benzene rings is 1. The van der Waals surface area contributed by atoms with Crippen LogP contribution in [-0.4, -0.2) is 11.0 Å². The Kier molecular flexibility index (Phi) is 5.08. The normalized spacial score (nSPS) is 26.4. The maximum absolute atomic E-state index is 5.62. The first-order chi connectivity index (χ1) is 9.79. The first-order valence-electron chi connectivity index (χ1n) is 8.20. The molecule has 0 unspecified atom stereocenters. The third-order valence-corrected chi connectivity index (χ3v) is 5.39. The molecular formula is C19H29NS. The van der Waals surface area contributed by atoms with Crippen LogP contribution in [0.4, 0.5) is 0 Å². The topological polar surface area (TPSA) is 12.0 Å². The highest BCUT2D eigenvalue weighted by Gasteiger charge is 2.27. The van der Waals surface area contributed by atoms with Gasteiger partial charge in [-0.05, 0) is 29.2 Å². The van der Waals surface area contributed by atoms with E-state index in [9.17, 15) is 0 Å². The molecule has 1 aliphatic carbocycles. The second-order valence-corrected chi connectivity index (χ2v) is 8.08. The third-order valence-electron chi connectivity index (χ3n) is 5.04. The zero-order valence-electron chi connectivity index (χ0n) is 14.1. The molecule has 1 nitrogen and oxygen atoms in total. The van der Waals surface area contributed by atoms with Gasteiger partial charge in [-0.25, -0.2) is 0 Å². The first kappa shape index (κ1) is 16.5. The fourth-order valence-electron chi connectivity index (χ4n) is 3.16. The van der Waals surface area contributed by atoms with Gasteiger partial charge in [0.25, 0.3) is 0 Å². The van der Waals surface area contributed by atoms with Gasteiger partial charge < -0.3 is 5.32 Å². The molecule has 2 heteroatoms. The van der Waals surface area contributed by atoms with Gasteiger partial charge >= 0.3 is 0 Å². The maximum atomic E-state index is 5.62. The van der Waals surface area contributed by atoms with Crippen molar-refractivity contribution >= 4 is 17.2 Å². The summed E-state index contributed by atoms with van der Waals surface area (Å²) < 4.78 is 0. The molecule has 1 saturated carbocycles. The molecule has 1 aliphatic rings. The van der Waals surface area contributed by atoms with Crippen LogP contribution >= 0.6 is 12.2 Å². The van der Waals surface area contributed by atoms with Gasteiger partial charge in [-0.2, -0.15) is 0 Å². The van der Waals surface area contributed by atoms with E-state index in [-0.39, 0.29) is 5.41 Å². The van der Waals surface area contributed by atoms with Crippen molar-refractivity contribution in [3.8, 4) is 0 Å². The van der Waals surface area contributed by atoms with E-state index in [1.807, 2.05) is 0 Å². The molecule has 1 aromatic carbocycles. The summed E-state index contributed by atoms with van der Waals surface area (Å²) in [5.41, 5.74) is 2.69. The monoisotopic (exact) mass is 303 g/mol. The molecule has 1 aromatic rings. The number of hydrogen-bond donors (Lipinski definition) is 1. The van der Waals surface area contributed by atoms with Gasteiger partial charge in [0.05, 0.1) is 0 Å². The van der Waals surface area contributed by atoms with E-state index in [0.29, 0.717) is 12.0 Å². The van der Waals surface area contributed by atoms with Crippen LogP contribution in [0.5, 0.6) is 0 Å². The Balaban J connectivity index is 2.03. The van der Waals surface area contributed by atoms with Crippen LogP contribution in [0.3, 0.4) is 0 Å². The van der Waals surface area contributed by atoms with E-state index in [1.54, 1.807) is 0 Å². The van der Waals surface area contributed by atoms with Gasteiger partial charge in [0.15, 0.2) is 0 Å². The van der Waals surface area contributed by atoms with E-state index >= 15 is 0 Å². The molecule has 0 aliphatic heterocycles. The van der Waals surface area contributed by atoms with E-state index < -0.39 is 0 Å². The average Bonchev–Trinajstić information content (AvgIpc) is 2.43. The lowest BCUT2D eigenvalue weighted by atomic mass is 9.78. The van der Waals surface area contributed by atoms with Crippen molar-refractivity contribution < 1.29 is 0 Å². The minimum Gasteiger partial charge on any atom is -0.373 e. The Morgan fingerprint density at radius 3 is 2.29 bits per heavy atom. The number of hydrogen-bond acceptors (Lipinski definition) is 1. The molecule has 116 valence electrons. The van der Waals surface area contributed by atoms with Crippen molar-refractivity contribution in [1.29, 1.82) is 0 Å². The molecule has 21 heavy (non-hydrogen) atoms. The summed E-state index contributed by atoms with van der Waals surface area (Å²) in [6.07, 6.45) is 3.91. The average molecular weight is 304 g/mol. The SMILES string of the molecule is C[C@H]1[C@@H](NC(=S)c2ccc(C(C)(C)C)cc2)CCC[C@@H]1C. The Labute approximate surface area is 135 Å². The minimum absolute atomic E-state index is 0.195. The molecule has 1 N–H and O–H groups in total. The van der Waals surface area contributed by atoms with Crippen molar-refractivity contribution in [1.82, 2.24) is 5.32 Å². The predicted molar refractivity (Wildman–Crippen MR) is 95.9 cm³/mol. The summed E-state index contributed by atoms with van der Waals surface area (Å²) in [5, 5.41) is 3.60. The highest BCUT2D eigenvalue weighted by atomic mass is 32.1. The van der Waals surface area contributed by atoms with E-state index in [2.05, 4.69) is 64.2 Å². The molecule has 0 radical (unpaired) electrons. The molecule has 0 aromatic heterocycles. The van der Waals surface area contributed by atoms with Gasteiger partial charge in [0.1, 0.15) is 4.99 Å². The summed E-state index contributed by atoms with van der Waals surface area (Å²) in [5.74, 6) is 1.49. The van der Waals surface area contributed by atoms with Crippen LogP contribution in [0.2, 0.25) is 0 Å². The lowest BCUT2D eigenvalue weighted by Crippen LogP contribution is -2.43. The van der Waals surface area contributed by atoms with Crippen molar-refractivity contribution in [2.75, 3.05) is 0 Å². The minimum atomic E-state index is 0.195. The number of rotatable bonds is 2. The standard InChI is InChI=1S/C19H29NS/c1-13-7-6-8-17(14(13)2)20-18(21)15-9-11-16(12-10-15)19(3,4)5/h9-14,17H,6-8H2,1-5H3,(H,20,21)/t13-,14+,17-/m0/s1. The summed E-state index contributed by atoms with van der Waals surface area (Å²) in [4.78, 5) is 0.904. The summed E-state index contributed by atoms with van der Waals surface area (Å²) in [6, 6.07) is 9.26. The second kappa shape index (κ2) is 6.48. The van der Waals surface area contributed by atoms with Gasteiger partial charge in [-0.3, -0.25) is 0 Å². The fourth-order valence-corrected chi connectivity index (χ4v) is 3.45. The Morgan fingerprint density at radius 1 is 1.10 bits per heavy atom. The Bertz CT molecular complexity index is 483. The molecule has 0 saturated heterocycles. The van der Waals surface area contributed by atoms with Crippen molar-refractivity contribution in [3.63, 3.8) is 0 Å². The zero-order chi connectivity index (χ0) is 15.6. The van der Waals surface area contributed by atoms with Crippen LogP contribution in [0.1, 0.15) is 65.0 Å². The lowest BCUT2D eigenvalue weighted by molar-refractivity contribution is 0.225. The van der Waals surface area contributed by atoms with Gasteiger partial charge in [-0.1, -0.05) is 83.9 Å². The summed E-state index contributed by atoms with van der Waals surface area (Å²) in [6.45, 7) is 11.4. The maximum Gasteiger partial charge on any atom is 0.106 e. The van der Waals surface area contributed by atoms with Gasteiger partial charge in [-0.15, -0.1) is 0 Å². The third kappa shape index (κ3) is 4.06. The van der Waals surface area contributed by atoms with Gasteiger partial charge in [0.2, 0.25) is 0 Å². The molecule has 2 rings (SSSR count). The number of thiocarbonyl (C=S) groups is 1. The highest BCUT2D eigenvalue weighted by molar-refractivity contribution is 7.80. The second-order valence-electron chi connectivity index (χ2n) is 7.67. The fraction of sp³-hybridized carbons (Fsp3) is 0.632. The van der Waals surface area contributed by atoms with Crippen LogP contribution in [0.15, 0.2) is 24.3 Å². The van der Waals surface area contributed by atoms with Crippen molar-refractivity contribution in [3.05, 3.63) is 35.4 Å². The highest BCUT2D eigenvalue weighted by Crippen LogP contribution is 2.30. The van der Waals surface area contributed by atoms with E-state index in [1.165, 1.54) is 24.8 Å². The Hall–Kier alpha value is -0.890. The van der Waals surface area contributed by atoms with Crippen molar-refractivity contribution in [2.24, 2.45) is 11.8 Å². The molecule has 0 amide bonds. The molecule has 0 spiro atoms. The molecule has 0 bridgehead atoms. The summed E-state index contributed by atoms with van der Waals surface area (Å²) >= 11 is 5.62. The van der Waals surface area contributed by atoms with Gasteiger partial charge in [0, 0.05) is 11.6 Å². The smallest absolute Gasteiger partial charge is 0.106 e. The quantitative estimate of drug-likeness (QED) is 0.765. The Morgan fingerprint density at radius 2 is 1.71 bits per heavy atom. The van der Waals surface area contributed by atoms with Crippen LogP contribution in [0.25, 0.3) is 0 Å². The molecule has 3 atom stereocenters. The number of nitrogens with one attached hydrogen (secondary N) is 1. The van der Waals surface area contributed by atoms with Crippen LogP contribution in [0, 0.1) is 11.8 Å².